The predicted molar refractivity (Wildman–Crippen MR) is 125 cm³/mol. The van der Waals surface area contributed by atoms with Crippen molar-refractivity contribution in [3.05, 3.63) is 10.6 Å². The summed E-state index contributed by atoms with van der Waals surface area (Å²) in [5.74, 6) is -3.69. The predicted octanol–water partition coefficient (Wildman–Crippen LogP) is -1.54. The summed E-state index contributed by atoms with van der Waals surface area (Å²) in [6.07, 6.45) is -2.52. The lowest BCUT2D eigenvalue weighted by Gasteiger charge is -2.45. The number of fused-ring (bicyclic) bond motifs is 1. The highest BCUT2D eigenvalue weighted by molar-refractivity contribution is 8.03. The van der Waals surface area contributed by atoms with Gasteiger partial charge in [-0.1, -0.05) is 13.8 Å². The van der Waals surface area contributed by atoms with Crippen molar-refractivity contribution < 1.29 is 51.7 Å². The SMILES string of the molecule is CC(OS(=O)(=O)O)C1C(=O)N2C(C(=O)O)=C(SCCNC(=O)CCNC(=O)C(O)C(C)(C)CO)CC12. The van der Waals surface area contributed by atoms with Crippen molar-refractivity contribution in [1.82, 2.24) is 15.5 Å². The van der Waals surface area contributed by atoms with E-state index in [0.29, 0.717) is 4.91 Å². The van der Waals surface area contributed by atoms with Gasteiger partial charge in [0.25, 0.3) is 0 Å². The van der Waals surface area contributed by atoms with E-state index in [1.807, 2.05) is 0 Å². The third-order valence-corrected chi connectivity index (χ3v) is 7.56. The lowest BCUT2D eigenvalue weighted by atomic mass is 9.83. The average Bonchev–Trinajstić information content (AvgIpc) is 3.09. The van der Waals surface area contributed by atoms with Crippen LogP contribution >= 0.6 is 11.8 Å². The molecule has 1 fully saturated rings. The van der Waals surface area contributed by atoms with Gasteiger partial charge in [0.2, 0.25) is 17.7 Å². The van der Waals surface area contributed by atoms with Crippen LogP contribution in [0.2, 0.25) is 0 Å². The summed E-state index contributed by atoms with van der Waals surface area (Å²) in [5.41, 5.74) is -1.24. The molecule has 2 heterocycles. The first kappa shape index (κ1) is 30.0. The van der Waals surface area contributed by atoms with Crippen LogP contribution in [0.15, 0.2) is 10.6 Å². The number of nitrogens with zero attached hydrogens (tertiary/aromatic N) is 1. The number of carboxylic acids is 1. The van der Waals surface area contributed by atoms with Crippen LogP contribution in [0.25, 0.3) is 0 Å². The van der Waals surface area contributed by atoms with Crippen molar-refractivity contribution in [2.75, 3.05) is 25.4 Å². The largest absolute Gasteiger partial charge is 0.477 e. The van der Waals surface area contributed by atoms with Gasteiger partial charge in [0.15, 0.2) is 0 Å². The molecule has 36 heavy (non-hydrogen) atoms. The molecule has 0 spiro atoms. The van der Waals surface area contributed by atoms with Crippen LogP contribution in [0.3, 0.4) is 0 Å². The van der Waals surface area contributed by atoms with E-state index in [1.165, 1.54) is 20.8 Å². The van der Waals surface area contributed by atoms with Crippen molar-refractivity contribution in [2.24, 2.45) is 11.3 Å². The van der Waals surface area contributed by atoms with Gasteiger partial charge in [-0.25, -0.2) is 8.98 Å². The van der Waals surface area contributed by atoms with Crippen LogP contribution in [-0.4, -0.2) is 101 Å². The molecular formula is C20H31N3O11S2. The van der Waals surface area contributed by atoms with Crippen molar-refractivity contribution in [3.63, 3.8) is 0 Å². The molecule has 2 aliphatic rings. The molecule has 2 rings (SSSR count). The number of aliphatic hydroxyl groups excluding tert-OH is 2. The lowest BCUT2D eigenvalue weighted by molar-refractivity contribution is -0.160. The third kappa shape index (κ3) is 7.17. The molecular weight excluding hydrogens is 522 g/mol. The molecule has 204 valence electrons. The zero-order chi connectivity index (χ0) is 27.4. The Hall–Kier alpha value is -2.24. The molecule has 1 saturated heterocycles. The fourth-order valence-electron chi connectivity index (χ4n) is 3.89. The third-order valence-electron chi connectivity index (χ3n) is 5.90. The molecule has 3 amide bonds. The highest BCUT2D eigenvalue weighted by Crippen LogP contribution is 2.47. The maximum atomic E-state index is 12.5. The van der Waals surface area contributed by atoms with Gasteiger partial charge in [-0.2, -0.15) is 8.42 Å². The zero-order valence-electron chi connectivity index (χ0n) is 20.0. The van der Waals surface area contributed by atoms with Gasteiger partial charge in [0.05, 0.1) is 24.7 Å². The topological polar surface area (TPSA) is 220 Å². The normalized spacial score (nSPS) is 21.5. The number of aliphatic hydroxyl groups is 2. The Morgan fingerprint density at radius 1 is 1.25 bits per heavy atom. The monoisotopic (exact) mass is 553 g/mol. The van der Waals surface area contributed by atoms with E-state index in [4.69, 9.17) is 4.55 Å². The molecule has 6 N–H and O–H groups in total. The first-order chi connectivity index (χ1) is 16.6. The van der Waals surface area contributed by atoms with Crippen LogP contribution in [0, 0.1) is 11.3 Å². The van der Waals surface area contributed by atoms with Crippen molar-refractivity contribution in [2.45, 2.75) is 51.9 Å². The number of carbonyl (C=O) groups is 4. The van der Waals surface area contributed by atoms with Crippen molar-refractivity contribution in [1.29, 1.82) is 0 Å². The van der Waals surface area contributed by atoms with Crippen LogP contribution < -0.4 is 10.6 Å². The van der Waals surface area contributed by atoms with E-state index in [-0.39, 0.29) is 43.3 Å². The Morgan fingerprint density at radius 2 is 1.89 bits per heavy atom. The summed E-state index contributed by atoms with van der Waals surface area (Å²) in [5, 5.41) is 33.7. The zero-order valence-corrected chi connectivity index (χ0v) is 21.6. The van der Waals surface area contributed by atoms with E-state index < -0.39 is 64.4 Å². The molecule has 4 atom stereocenters. The minimum Gasteiger partial charge on any atom is -0.477 e. The number of aliphatic carboxylic acids is 1. The van der Waals surface area contributed by atoms with Crippen LogP contribution in [-0.2, 0) is 33.8 Å². The highest BCUT2D eigenvalue weighted by Gasteiger charge is 2.57. The first-order valence-corrected chi connectivity index (χ1v) is 13.4. The molecule has 0 aromatic carbocycles. The van der Waals surface area contributed by atoms with E-state index in [0.717, 1.165) is 16.7 Å². The highest BCUT2D eigenvalue weighted by atomic mass is 32.3. The lowest BCUT2D eigenvalue weighted by Crippen LogP contribution is -2.62. The number of carbonyl (C=O) groups excluding carboxylic acids is 3. The number of thioether (sulfide) groups is 1. The molecule has 0 aromatic rings. The van der Waals surface area contributed by atoms with Crippen molar-refractivity contribution >= 4 is 45.9 Å². The maximum absolute atomic E-state index is 12.5. The van der Waals surface area contributed by atoms with Crippen LogP contribution in [0.4, 0.5) is 0 Å². The minimum absolute atomic E-state index is 0.0331. The van der Waals surface area contributed by atoms with Gasteiger partial charge in [-0.05, 0) is 6.92 Å². The molecule has 0 saturated carbocycles. The molecule has 16 heteroatoms. The standard InChI is InChI=1S/C20H31N3O11S2/c1-10(34-36(31,32)33)14-11-8-12(15(19(29)30)23(11)18(14)28)35-7-6-21-13(25)4-5-22-17(27)16(26)20(2,3)9-24/h10-11,14,16,24,26H,4-9H2,1-3H3,(H,21,25)(H,22,27)(H,29,30)(H,31,32,33). The Balaban J connectivity index is 1.80. The summed E-state index contributed by atoms with van der Waals surface area (Å²) in [7, 11) is -4.78. The number of amides is 3. The van der Waals surface area contributed by atoms with Gasteiger partial charge >= 0.3 is 16.4 Å². The summed E-state index contributed by atoms with van der Waals surface area (Å²) in [6, 6.07) is -0.618. The first-order valence-electron chi connectivity index (χ1n) is 11.0. The Labute approximate surface area is 212 Å². The second-order valence-electron chi connectivity index (χ2n) is 9.10. The molecule has 4 unspecified atom stereocenters. The van der Waals surface area contributed by atoms with E-state index in [2.05, 4.69) is 14.8 Å². The van der Waals surface area contributed by atoms with Gasteiger partial charge in [-0.15, -0.1) is 11.8 Å². The summed E-state index contributed by atoms with van der Waals surface area (Å²) >= 11 is 1.13. The fourth-order valence-corrected chi connectivity index (χ4v) is 5.45. The average molecular weight is 554 g/mol. The van der Waals surface area contributed by atoms with E-state index in [9.17, 15) is 42.9 Å². The maximum Gasteiger partial charge on any atom is 0.397 e. The Kier molecular flexibility index (Phi) is 9.89. The van der Waals surface area contributed by atoms with E-state index in [1.54, 1.807) is 0 Å². The number of carboxylic acid groups (broad SMARTS) is 1. The number of β-lactam (4-membered cyclic amide) rings is 1. The Bertz CT molecular complexity index is 1030. The number of hydrogen-bond acceptors (Lipinski definition) is 10. The quantitative estimate of drug-likeness (QED) is 0.0818. The summed E-state index contributed by atoms with van der Waals surface area (Å²) < 4.78 is 35.2. The second kappa shape index (κ2) is 11.9. The van der Waals surface area contributed by atoms with Gasteiger partial charge in [0, 0.05) is 42.0 Å². The molecule has 0 radical (unpaired) electrons. The van der Waals surface area contributed by atoms with E-state index >= 15 is 0 Å². The summed E-state index contributed by atoms with van der Waals surface area (Å²) in [6.45, 7) is 4.07. The second-order valence-corrected chi connectivity index (χ2v) is 11.3. The molecule has 0 aliphatic carbocycles. The molecule has 0 bridgehead atoms. The van der Waals surface area contributed by atoms with Crippen molar-refractivity contribution in [3.8, 4) is 0 Å². The molecule has 2 aliphatic heterocycles. The molecule has 14 nitrogen and oxygen atoms in total. The van der Waals surface area contributed by atoms with Gasteiger partial charge in [-0.3, -0.25) is 18.9 Å². The number of nitrogens with one attached hydrogen (secondary N) is 2. The number of hydrogen-bond donors (Lipinski definition) is 6. The van der Waals surface area contributed by atoms with Crippen LogP contribution in [0.1, 0.15) is 33.6 Å². The Morgan fingerprint density at radius 3 is 2.44 bits per heavy atom. The molecule has 0 aromatic heterocycles. The smallest absolute Gasteiger partial charge is 0.397 e. The minimum atomic E-state index is -4.78. The summed E-state index contributed by atoms with van der Waals surface area (Å²) in [4.78, 5) is 49.5. The number of rotatable bonds is 14. The van der Waals surface area contributed by atoms with Crippen LogP contribution in [0.5, 0.6) is 0 Å². The van der Waals surface area contributed by atoms with Gasteiger partial charge in [0.1, 0.15) is 11.8 Å². The fraction of sp³-hybridized carbons (Fsp3) is 0.700. The van der Waals surface area contributed by atoms with Gasteiger partial charge < -0.3 is 30.9 Å².